The van der Waals surface area contributed by atoms with E-state index in [4.69, 9.17) is 0 Å². The summed E-state index contributed by atoms with van der Waals surface area (Å²) < 4.78 is 4.65. The van der Waals surface area contributed by atoms with Gasteiger partial charge in [0, 0.05) is 11.4 Å². The van der Waals surface area contributed by atoms with Crippen LogP contribution < -0.4 is 5.32 Å². The van der Waals surface area contributed by atoms with E-state index in [9.17, 15) is 9.59 Å². The number of methoxy groups -OCH3 is 1. The monoisotopic (exact) mass is 329 g/mol. The summed E-state index contributed by atoms with van der Waals surface area (Å²) in [5.41, 5.74) is 2.60. The number of esters is 1. The summed E-state index contributed by atoms with van der Waals surface area (Å²) in [5, 5.41) is 2.88. The summed E-state index contributed by atoms with van der Waals surface area (Å²) in [6.07, 6.45) is 0. The smallest absolute Gasteiger partial charge is 0.337 e. The molecule has 0 aliphatic carbocycles. The second-order valence-corrected chi connectivity index (χ2v) is 6.04. The number of amides is 1. The third-order valence-corrected chi connectivity index (χ3v) is 4.49. The molecule has 2 aromatic carbocycles. The van der Waals surface area contributed by atoms with Crippen LogP contribution in [0.15, 0.2) is 53.4 Å². The molecule has 0 fully saturated rings. The molecule has 0 unspecified atom stereocenters. The van der Waals surface area contributed by atoms with Crippen molar-refractivity contribution in [2.45, 2.75) is 18.4 Å². The van der Waals surface area contributed by atoms with E-state index >= 15 is 0 Å². The third kappa shape index (κ3) is 5.14. The zero-order chi connectivity index (χ0) is 16.7. The van der Waals surface area contributed by atoms with Crippen LogP contribution in [0.4, 0.5) is 0 Å². The highest BCUT2D eigenvalue weighted by Gasteiger charge is 2.06. The molecule has 4 nitrogen and oxygen atoms in total. The van der Waals surface area contributed by atoms with Gasteiger partial charge in [0.05, 0.1) is 18.4 Å². The van der Waals surface area contributed by atoms with E-state index in [1.165, 1.54) is 24.4 Å². The van der Waals surface area contributed by atoms with Crippen molar-refractivity contribution in [1.82, 2.24) is 5.32 Å². The summed E-state index contributed by atoms with van der Waals surface area (Å²) in [5.74, 6) is -0.00373. The number of carbonyl (C=O) groups excluding carboxylic acids is 2. The van der Waals surface area contributed by atoms with Gasteiger partial charge in [-0.05, 0) is 36.2 Å². The Kier molecular flexibility index (Phi) is 6.23. The topological polar surface area (TPSA) is 55.4 Å². The summed E-state index contributed by atoms with van der Waals surface area (Å²) in [6.45, 7) is 2.47. The van der Waals surface area contributed by atoms with Gasteiger partial charge in [-0.25, -0.2) is 4.79 Å². The minimum atomic E-state index is -0.366. The van der Waals surface area contributed by atoms with Crippen molar-refractivity contribution in [1.29, 1.82) is 0 Å². The van der Waals surface area contributed by atoms with E-state index in [1.807, 2.05) is 31.2 Å². The fraction of sp³-hybridized carbons (Fsp3) is 0.222. The van der Waals surface area contributed by atoms with Crippen LogP contribution in [0.25, 0.3) is 0 Å². The molecular weight excluding hydrogens is 310 g/mol. The zero-order valence-corrected chi connectivity index (χ0v) is 14.0. The first-order chi connectivity index (χ1) is 11.1. The Labute approximate surface area is 140 Å². The molecule has 0 aliphatic rings. The van der Waals surface area contributed by atoms with E-state index in [0.29, 0.717) is 17.9 Å². The summed E-state index contributed by atoms with van der Waals surface area (Å²) >= 11 is 1.53. The van der Waals surface area contributed by atoms with Gasteiger partial charge in [-0.3, -0.25) is 4.79 Å². The van der Waals surface area contributed by atoms with Gasteiger partial charge in [0.1, 0.15) is 0 Å². The van der Waals surface area contributed by atoms with Crippen LogP contribution in [0.5, 0.6) is 0 Å². The van der Waals surface area contributed by atoms with Gasteiger partial charge in [0.2, 0.25) is 5.91 Å². The van der Waals surface area contributed by atoms with Crippen LogP contribution in [0.2, 0.25) is 0 Å². The van der Waals surface area contributed by atoms with Crippen LogP contribution in [0.3, 0.4) is 0 Å². The minimum Gasteiger partial charge on any atom is -0.465 e. The maximum atomic E-state index is 11.9. The molecule has 1 amide bonds. The highest BCUT2D eigenvalue weighted by molar-refractivity contribution is 8.00. The Morgan fingerprint density at radius 3 is 2.43 bits per heavy atom. The molecule has 23 heavy (non-hydrogen) atoms. The van der Waals surface area contributed by atoms with E-state index in [1.54, 1.807) is 24.3 Å². The molecular formula is C18H19NO3S. The highest BCUT2D eigenvalue weighted by Crippen LogP contribution is 2.21. The number of nitrogens with one attached hydrogen (secondary N) is 1. The lowest BCUT2D eigenvalue weighted by Gasteiger charge is -2.07. The average Bonchev–Trinajstić information content (AvgIpc) is 2.59. The lowest BCUT2D eigenvalue weighted by atomic mass is 10.1. The van der Waals surface area contributed by atoms with Gasteiger partial charge in [-0.2, -0.15) is 0 Å². The number of aryl methyl sites for hydroxylation is 1. The highest BCUT2D eigenvalue weighted by atomic mass is 32.2. The second kappa shape index (κ2) is 8.39. The third-order valence-electron chi connectivity index (χ3n) is 3.32. The van der Waals surface area contributed by atoms with Gasteiger partial charge in [-0.15, -0.1) is 11.8 Å². The molecule has 120 valence electrons. The van der Waals surface area contributed by atoms with Gasteiger partial charge in [0.25, 0.3) is 0 Å². The van der Waals surface area contributed by atoms with Crippen molar-refractivity contribution in [3.8, 4) is 0 Å². The normalized spacial score (nSPS) is 10.2. The first-order valence-electron chi connectivity index (χ1n) is 7.22. The van der Waals surface area contributed by atoms with E-state index in [0.717, 1.165) is 10.5 Å². The zero-order valence-electron chi connectivity index (χ0n) is 13.2. The molecule has 0 heterocycles. The van der Waals surface area contributed by atoms with Crippen molar-refractivity contribution in [2.75, 3.05) is 12.9 Å². The number of rotatable bonds is 6. The largest absolute Gasteiger partial charge is 0.465 e. The Hall–Kier alpha value is -2.27. The number of thioether (sulfide) groups is 1. The molecule has 0 spiro atoms. The lowest BCUT2D eigenvalue weighted by Crippen LogP contribution is -2.24. The molecule has 0 radical (unpaired) electrons. The fourth-order valence-corrected chi connectivity index (χ4v) is 2.85. The van der Waals surface area contributed by atoms with E-state index in [-0.39, 0.29) is 11.9 Å². The Morgan fingerprint density at radius 1 is 1.09 bits per heavy atom. The number of hydrogen-bond acceptors (Lipinski definition) is 4. The lowest BCUT2D eigenvalue weighted by molar-refractivity contribution is -0.118. The first kappa shape index (κ1) is 17.1. The Morgan fingerprint density at radius 2 is 1.78 bits per heavy atom. The molecule has 0 bridgehead atoms. The van der Waals surface area contributed by atoms with E-state index < -0.39 is 0 Å². The Bertz CT molecular complexity index is 683. The minimum absolute atomic E-state index is 0.0182. The number of benzene rings is 2. The van der Waals surface area contributed by atoms with Crippen molar-refractivity contribution in [2.24, 2.45) is 0 Å². The number of ether oxygens (including phenoxy) is 1. The van der Waals surface area contributed by atoms with Crippen molar-refractivity contribution >= 4 is 23.6 Å². The molecule has 0 aliphatic heterocycles. The van der Waals surface area contributed by atoms with Crippen LogP contribution >= 0.6 is 11.8 Å². The van der Waals surface area contributed by atoms with Gasteiger partial charge in [0.15, 0.2) is 0 Å². The molecule has 5 heteroatoms. The molecule has 1 N–H and O–H groups in total. The maximum Gasteiger partial charge on any atom is 0.337 e. The van der Waals surface area contributed by atoms with Gasteiger partial charge < -0.3 is 10.1 Å². The van der Waals surface area contributed by atoms with Crippen molar-refractivity contribution in [3.05, 3.63) is 65.2 Å². The number of hydrogen-bond donors (Lipinski definition) is 1. The standard InChI is InChI=1S/C18H19NO3S/c1-13-5-3-4-6-16(13)23-12-17(20)19-11-14-7-9-15(10-8-14)18(21)22-2/h3-10H,11-12H2,1-2H3,(H,19,20). The number of carbonyl (C=O) groups is 2. The average molecular weight is 329 g/mol. The summed E-state index contributed by atoms with van der Waals surface area (Å²) in [4.78, 5) is 24.4. The SMILES string of the molecule is COC(=O)c1ccc(CNC(=O)CSc2ccccc2C)cc1. The van der Waals surface area contributed by atoms with Gasteiger partial charge >= 0.3 is 5.97 Å². The molecule has 2 rings (SSSR count). The second-order valence-electron chi connectivity index (χ2n) is 5.02. The summed E-state index contributed by atoms with van der Waals surface area (Å²) in [6, 6.07) is 15.0. The molecule has 2 aromatic rings. The molecule has 0 saturated carbocycles. The van der Waals surface area contributed by atoms with Crippen molar-refractivity contribution < 1.29 is 14.3 Å². The summed E-state index contributed by atoms with van der Waals surface area (Å²) in [7, 11) is 1.35. The molecule has 0 atom stereocenters. The van der Waals surface area contributed by atoms with E-state index in [2.05, 4.69) is 10.1 Å². The maximum absolute atomic E-state index is 11.9. The first-order valence-corrected chi connectivity index (χ1v) is 8.21. The van der Waals surface area contributed by atoms with Crippen molar-refractivity contribution in [3.63, 3.8) is 0 Å². The molecule has 0 aromatic heterocycles. The Balaban J connectivity index is 1.80. The van der Waals surface area contributed by atoms with Gasteiger partial charge in [-0.1, -0.05) is 30.3 Å². The predicted molar refractivity (Wildman–Crippen MR) is 91.5 cm³/mol. The fourth-order valence-electron chi connectivity index (χ4n) is 1.99. The van der Waals surface area contributed by atoms with Crippen LogP contribution in [-0.2, 0) is 16.1 Å². The van der Waals surface area contributed by atoms with Crippen LogP contribution in [-0.4, -0.2) is 24.7 Å². The predicted octanol–water partition coefficient (Wildman–Crippen LogP) is 3.19. The quantitative estimate of drug-likeness (QED) is 0.653. The molecule has 0 saturated heterocycles. The van der Waals surface area contributed by atoms with Crippen LogP contribution in [0, 0.1) is 6.92 Å². The van der Waals surface area contributed by atoms with Crippen LogP contribution in [0.1, 0.15) is 21.5 Å².